The fraction of sp³-hybridized carbons (Fsp3) is 0.400. The minimum Gasteiger partial charge on any atom is -0.327 e. The van der Waals surface area contributed by atoms with E-state index in [-0.39, 0.29) is 5.41 Å². The zero-order chi connectivity index (χ0) is 12.8. The average Bonchev–Trinajstić information content (AvgIpc) is 2.81. The number of rotatable bonds is 1. The summed E-state index contributed by atoms with van der Waals surface area (Å²) in [5.74, 6) is 0. The second-order valence-corrected chi connectivity index (χ2v) is 6.50. The number of benzene rings is 1. The largest absolute Gasteiger partial charge is 0.327 e. The minimum atomic E-state index is 0.230. The molecule has 1 unspecified atom stereocenters. The Balaban J connectivity index is 2.10. The number of aromatic nitrogens is 2. The lowest BCUT2D eigenvalue weighted by Crippen LogP contribution is -2.30. The van der Waals surface area contributed by atoms with Crippen LogP contribution in [0.2, 0.25) is 0 Å². The van der Waals surface area contributed by atoms with Gasteiger partial charge in [0.25, 0.3) is 0 Å². The first-order valence-corrected chi connectivity index (χ1v) is 7.15. The molecule has 94 valence electrons. The first kappa shape index (κ1) is 12.0. The van der Waals surface area contributed by atoms with Crippen molar-refractivity contribution >= 4 is 15.9 Å². The SMILES string of the molecule is CC1(C)CCC(c2ccccc2Br)n2cncc21. The monoisotopic (exact) mass is 304 g/mol. The molecule has 0 fully saturated rings. The maximum Gasteiger partial charge on any atom is 0.0954 e. The summed E-state index contributed by atoms with van der Waals surface area (Å²) in [4.78, 5) is 4.35. The number of fused-ring (bicyclic) bond motifs is 1. The molecular formula is C15H17BrN2. The van der Waals surface area contributed by atoms with Crippen LogP contribution >= 0.6 is 15.9 Å². The molecule has 0 saturated carbocycles. The Kier molecular flexibility index (Phi) is 2.81. The van der Waals surface area contributed by atoms with Crippen LogP contribution in [0.15, 0.2) is 41.3 Å². The van der Waals surface area contributed by atoms with Crippen LogP contribution in [0.5, 0.6) is 0 Å². The third kappa shape index (κ3) is 1.81. The van der Waals surface area contributed by atoms with Gasteiger partial charge in [0.05, 0.1) is 12.4 Å². The molecule has 0 amide bonds. The highest BCUT2D eigenvalue weighted by atomic mass is 79.9. The molecule has 2 nitrogen and oxygen atoms in total. The molecule has 0 aliphatic carbocycles. The van der Waals surface area contributed by atoms with Crippen LogP contribution in [-0.4, -0.2) is 9.55 Å². The third-order valence-corrected chi connectivity index (χ3v) is 4.72. The topological polar surface area (TPSA) is 17.8 Å². The Morgan fingerprint density at radius 1 is 1.33 bits per heavy atom. The van der Waals surface area contributed by atoms with Gasteiger partial charge >= 0.3 is 0 Å². The van der Waals surface area contributed by atoms with E-state index in [1.165, 1.54) is 28.6 Å². The Labute approximate surface area is 116 Å². The van der Waals surface area contributed by atoms with E-state index < -0.39 is 0 Å². The van der Waals surface area contributed by atoms with E-state index in [4.69, 9.17) is 0 Å². The summed E-state index contributed by atoms with van der Waals surface area (Å²) >= 11 is 3.67. The van der Waals surface area contributed by atoms with E-state index in [9.17, 15) is 0 Å². The smallest absolute Gasteiger partial charge is 0.0954 e. The molecule has 1 atom stereocenters. The predicted molar refractivity (Wildman–Crippen MR) is 76.8 cm³/mol. The van der Waals surface area contributed by atoms with E-state index in [1.807, 2.05) is 12.5 Å². The number of hydrogen-bond donors (Lipinski definition) is 0. The summed E-state index contributed by atoms with van der Waals surface area (Å²) in [6.45, 7) is 4.60. The molecule has 0 bridgehead atoms. The lowest BCUT2D eigenvalue weighted by atomic mass is 9.79. The average molecular weight is 305 g/mol. The molecule has 0 radical (unpaired) electrons. The molecule has 3 rings (SSSR count). The molecule has 0 saturated heterocycles. The highest BCUT2D eigenvalue weighted by Crippen LogP contribution is 2.41. The van der Waals surface area contributed by atoms with Crippen molar-refractivity contribution in [2.45, 2.75) is 38.1 Å². The van der Waals surface area contributed by atoms with Gasteiger partial charge in [-0.1, -0.05) is 48.0 Å². The second-order valence-electron chi connectivity index (χ2n) is 5.65. The van der Waals surface area contributed by atoms with Crippen LogP contribution in [-0.2, 0) is 5.41 Å². The van der Waals surface area contributed by atoms with Gasteiger partial charge in [-0.15, -0.1) is 0 Å². The van der Waals surface area contributed by atoms with Gasteiger partial charge in [-0.2, -0.15) is 0 Å². The maximum atomic E-state index is 4.35. The lowest BCUT2D eigenvalue weighted by molar-refractivity contribution is 0.329. The van der Waals surface area contributed by atoms with Crippen molar-refractivity contribution in [3.05, 3.63) is 52.5 Å². The van der Waals surface area contributed by atoms with Crippen molar-refractivity contribution in [3.8, 4) is 0 Å². The van der Waals surface area contributed by atoms with Crippen molar-refractivity contribution in [1.82, 2.24) is 9.55 Å². The highest BCUT2D eigenvalue weighted by Gasteiger charge is 2.33. The van der Waals surface area contributed by atoms with Crippen molar-refractivity contribution < 1.29 is 0 Å². The molecule has 3 heteroatoms. The van der Waals surface area contributed by atoms with Crippen LogP contribution < -0.4 is 0 Å². The van der Waals surface area contributed by atoms with Crippen LogP contribution in [0.1, 0.15) is 44.0 Å². The van der Waals surface area contributed by atoms with E-state index in [0.717, 1.165) is 0 Å². The van der Waals surface area contributed by atoms with Gasteiger partial charge in [-0.05, 0) is 24.5 Å². The number of nitrogens with zero attached hydrogens (tertiary/aromatic N) is 2. The van der Waals surface area contributed by atoms with Crippen LogP contribution in [0.4, 0.5) is 0 Å². The molecule has 1 aliphatic heterocycles. The molecule has 2 aromatic rings. The predicted octanol–water partition coefficient (Wildman–Crippen LogP) is 4.31. The molecule has 0 spiro atoms. The summed E-state index contributed by atoms with van der Waals surface area (Å²) < 4.78 is 3.53. The van der Waals surface area contributed by atoms with Gasteiger partial charge in [0.1, 0.15) is 0 Å². The Hall–Kier alpha value is -1.09. The van der Waals surface area contributed by atoms with Crippen LogP contribution in [0.25, 0.3) is 0 Å². The minimum absolute atomic E-state index is 0.230. The second kappa shape index (κ2) is 4.23. The van der Waals surface area contributed by atoms with Gasteiger partial charge in [0.2, 0.25) is 0 Å². The van der Waals surface area contributed by atoms with E-state index >= 15 is 0 Å². The van der Waals surface area contributed by atoms with Crippen LogP contribution in [0.3, 0.4) is 0 Å². The van der Waals surface area contributed by atoms with Crippen molar-refractivity contribution in [3.63, 3.8) is 0 Å². The fourth-order valence-corrected chi connectivity index (χ4v) is 3.44. The number of hydrogen-bond acceptors (Lipinski definition) is 1. The van der Waals surface area contributed by atoms with Gasteiger partial charge in [-0.25, -0.2) is 4.98 Å². The molecular weight excluding hydrogens is 288 g/mol. The Bertz CT molecular complexity index is 571. The van der Waals surface area contributed by atoms with Crippen molar-refractivity contribution in [2.75, 3.05) is 0 Å². The zero-order valence-electron chi connectivity index (χ0n) is 10.7. The first-order valence-electron chi connectivity index (χ1n) is 6.36. The first-order chi connectivity index (χ1) is 8.59. The summed E-state index contributed by atoms with van der Waals surface area (Å²) in [7, 11) is 0. The molecule has 1 aliphatic rings. The van der Waals surface area contributed by atoms with Gasteiger partial charge in [-0.3, -0.25) is 0 Å². The molecule has 0 N–H and O–H groups in total. The lowest BCUT2D eigenvalue weighted by Gasteiger charge is -2.36. The third-order valence-electron chi connectivity index (χ3n) is 4.00. The summed E-state index contributed by atoms with van der Waals surface area (Å²) in [6, 6.07) is 8.90. The number of imidazole rings is 1. The Morgan fingerprint density at radius 2 is 2.11 bits per heavy atom. The van der Waals surface area contributed by atoms with Crippen molar-refractivity contribution in [2.24, 2.45) is 0 Å². The van der Waals surface area contributed by atoms with Gasteiger partial charge < -0.3 is 4.57 Å². The molecule has 2 heterocycles. The van der Waals surface area contributed by atoms with Gasteiger partial charge in [0, 0.05) is 21.8 Å². The molecule has 1 aromatic carbocycles. The maximum absolute atomic E-state index is 4.35. The van der Waals surface area contributed by atoms with Crippen LogP contribution in [0, 0.1) is 0 Å². The summed E-state index contributed by atoms with van der Waals surface area (Å²) in [6.07, 6.45) is 6.35. The summed E-state index contributed by atoms with van der Waals surface area (Å²) in [5.41, 5.74) is 2.93. The highest BCUT2D eigenvalue weighted by molar-refractivity contribution is 9.10. The quantitative estimate of drug-likeness (QED) is 0.768. The fourth-order valence-electron chi connectivity index (χ4n) is 2.89. The van der Waals surface area contributed by atoms with E-state index in [2.05, 4.69) is 63.6 Å². The van der Waals surface area contributed by atoms with Crippen molar-refractivity contribution in [1.29, 1.82) is 0 Å². The Morgan fingerprint density at radius 3 is 2.89 bits per heavy atom. The van der Waals surface area contributed by atoms with E-state index in [0.29, 0.717) is 6.04 Å². The van der Waals surface area contributed by atoms with E-state index in [1.54, 1.807) is 0 Å². The zero-order valence-corrected chi connectivity index (χ0v) is 12.3. The number of halogens is 1. The molecule has 1 aromatic heterocycles. The normalized spacial score (nSPS) is 21.6. The molecule has 18 heavy (non-hydrogen) atoms. The standard InChI is InChI=1S/C15H17BrN2/c1-15(2)8-7-13(18-10-17-9-14(15)18)11-5-3-4-6-12(11)16/h3-6,9-10,13H,7-8H2,1-2H3. The summed E-state index contributed by atoms with van der Waals surface area (Å²) in [5, 5.41) is 0. The van der Waals surface area contributed by atoms with Gasteiger partial charge in [0.15, 0.2) is 0 Å².